The lowest BCUT2D eigenvalue weighted by atomic mass is 9.97. The van der Waals surface area contributed by atoms with Crippen molar-refractivity contribution in [3.8, 4) is 0 Å². The minimum atomic E-state index is -0.486. The van der Waals surface area contributed by atoms with Crippen LogP contribution in [0.15, 0.2) is 30.3 Å². The van der Waals surface area contributed by atoms with Crippen LogP contribution in [0, 0.1) is 5.92 Å². The van der Waals surface area contributed by atoms with E-state index in [1.54, 1.807) is 23.1 Å². The molecule has 0 saturated carbocycles. The largest absolute Gasteiger partial charge is 0.444 e. The number of nitrogens with zero attached hydrogens (tertiary/aromatic N) is 2. The van der Waals surface area contributed by atoms with E-state index in [0.717, 1.165) is 23.7 Å². The molecule has 2 amide bonds. The molecule has 0 aliphatic carbocycles. The van der Waals surface area contributed by atoms with Crippen molar-refractivity contribution in [2.45, 2.75) is 39.2 Å². The Balaban J connectivity index is 1.49. The third kappa shape index (κ3) is 5.35. The number of aromatic nitrogens is 1. The molecule has 2 aromatic rings. The first-order chi connectivity index (χ1) is 13.2. The Hall–Kier alpha value is -2.34. The third-order valence-corrected chi connectivity index (χ3v) is 4.94. The molecule has 7 heteroatoms. The highest BCUT2D eigenvalue weighted by atomic mass is 35.5. The number of ether oxygens (including phenoxy) is 1. The van der Waals surface area contributed by atoms with Gasteiger partial charge in [0, 0.05) is 30.0 Å². The lowest BCUT2D eigenvalue weighted by Crippen LogP contribution is -2.43. The molecule has 0 spiro atoms. The maximum Gasteiger partial charge on any atom is 0.410 e. The SMILES string of the molecule is CC(C)(C)OC(=O)N1CCC(CNC(=O)c2ccc3cc(Cl)ccc3n2)CC1. The van der Waals surface area contributed by atoms with Gasteiger partial charge in [-0.3, -0.25) is 4.79 Å². The Morgan fingerprint density at radius 3 is 2.61 bits per heavy atom. The number of nitrogens with one attached hydrogen (secondary N) is 1. The number of carbonyl (C=O) groups is 2. The number of fused-ring (bicyclic) bond motifs is 1. The van der Waals surface area contributed by atoms with Crippen LogP contribution in [0.4, 0.5) is 4.79 Å². The first-order valence-electron chi connectivity index (χ1n) is 9.54. The summed E-state index contributed by atoms with van der Waals surface area (Å²) in [5.41, 5.74) is 0.642. The van der Waals surface area contributed by atoms with Crippen molar-refractivity contribution >= 4 is 34.5 Å². The van der Waals surface area contributed by atoms with Gasteiger partial charge in [0.1, 0.15) is 11.3 Å². The predicted molar refractivity (Wildman–Crippen MR) is 110 cm³/mol. The van der Waals surface area contributed by atoms with E-state index in [0.29, 0.717) is 36.3 Å². The van der Waals surface area contributed by atoms with E-state index < -0.39 is 5.60 Å². The van der Waals surface area contributed by atoms with Crippen molar-refractivity contribution in [2.24, 2.45) is 5.92 Å². The molecular formula is C21H26ClN3O3. The van der Waals surface area contributed by atoms with Gasteiger partial charge >= 0.3 is 6.09 Å². The van der Waals surface area contributed by atoms with Gasteiger partial charge in [0.05, 0.1) is 5.52 Å². The summed E-state index contributed by atoms with van der Waals surface area (Å²) in [5.74, 6) is 0.147. The zero-order valence-electron chi connectivity index (χ0n) is 16.5. The smallest absolute Gasteiger partial charge is 0.410 e. The van der Waals surface area contributed by atoms with Crippen molar-refractivity contribution in [2.75, 3.05) is 19.6 Å². The maximum atomic E-state index is 12.4. The molecule has 1 fully saturated rings. The van der Waals surface area contributed by atoms with Gasteiger partial charge in [0.25, 0.3) is 5.91 Å². The molecule has 1 N–H and O–H groups in total. The van der Waals surface area contributed by atoms with E-state index in [9.17, 15) is 9.59 Å². The molecule has 150 valence electrons. The second kappa shape index (κ2) is 8.35. The number of benzene rings is 1. The summed E-state index contributed by atoms with van der Waals surface area (Å²) in [5, 5.41) is 4.51. The molecule has 1 aromatic heterocycles. The molecule has 0 bridgehead atoms. The highest BCUT2D eigenvalue weighted by Gasteiger charge is 2.27. The quantitative estimate of drug-likeness (QED) is 0.830. The molecule has 6 nitrogen and oxygen atoms in total. The molecule has 1 aliphatic rings. The van der Waals surface area contributed by atoms with Crippen molar-refractivity contribution in [3.63, 3.8) is 0 Å². The second-order valence-electron chi connectivity index (χ2n) is 8.15. The van der Waals surface area contributed by atoms with Gasteiger partial charge in [0.15, 0.2) is 0 Å². The molecule has 0 unspecified atom stereocenters. The van der Waals surface area contributed by atoms with E-state index >= 15 is 0 Å². The first-order valence-corrected chi connectivity index (χ1v) is 9.91. The summed E-state index contributed by atoms with van der Waals surface area (Å²) in [4.78, 5) is 30.7. The van der Waals surface area contributed by atoms with E-state index in [1.807, 2.05) is 32.9 Å². The van der Waals surface area contributed by atoms with E-state index in [4.69, 9.17) is 16.3 Å². The lowest BCUT2D eigenvalue weighted by molar-refractivity contribution is 0.0183. The number of rotatable bonds is 3. The molecule has 2 heterocycles. The van der Waals surface area contributed by atoms with E-state index in [-0.39, 0.29) is 12.0 Å². The topological polar surface area (TPSA) is 71.5 Å². The van der Waals surface area contributed by atoms with Crippen LogP contribution in [0.5, 0.6) is 0 Å². The number of amides is 2. The van der Waals surface area contributed by atoms with Crippen LogP contribution in [0.1, 0.15) is 44.1 Å². The fourth-order valence-corrected chi connectivity index (χ4v) is 3.38. The summed E-state index contributed by atoms with van der Waals surface area (Å²) in [6, 6.07) is 8.95. The molecule has 1 aliphatic heterocycles. The van der Waals surface area contributed by atoms with E-state index in [1.165, 1.54) is 0 Å². The number of hydrogen-bond donors (Lipinski definition) is 1. The minimum absolute atomic E-state index is 0.188. The Morgan fingerprint density at radius 1 is 1.21 bits per heavy atom. The average Bonchev–Trinajstić information content (AvgIpc) is 2.64. The van der Waals surface area contributed by atoms with Crippen LogP contribution >= 0.6 is 11.6 Å². The molecule has 3 rings (SSSR count). The number of hydrogen-bond acceptors (Lipinski definition) is 4. The summed E-state index contributed by atoms with van der Waals surface area (Å²) in [6.07, 6.45) is 1.40. The number of likely N-dealkylation sites (tertiary alicyclic amines) is 1. The van der Waals surface area contributed by atoms with Gasteiger partial charge in [-0.25, -0.2) is 9.78 Å². The number of piperidine rings is 1. The summed E-state index contributed by atoms with van der Waals surface area (Å²) >= 11 is 5.98. The summed E-state index contributed by atoms with van der Waals surface area (Å²) in [7, 11) is 0. The third-order valence-electron chi connectivity index (χ3n) is 4.70. The summed E-state index contributed by atoms with van der Waals surface area (Å²) in [6.45, 7) is 7.45. The zero-order valence-corrected chi connectivity index (χ0v) is 17.3. The minimum Gasteiger partial charge on any atom is -0.444 e. The molecular weight excluding hydrogens is 378 g/mol. The Bertz CT molecular complexity index is 871. The molecule has 0 radical (unpaired) electrons. The lowest BCUT2D eigenvalue weighted by Gasteiger charge is -2.33. The summed E-state index contributed by atoms with van der Waals surface area (Å²) < 4.78 is 5.41. The van der Waals surface area contributed by atoms with Crippen LogP contribution in [0.3, 0.4) is 0 Å². The Kier molecular flexibility index (Phi) is 6.08. The highest BCUT2D eigenvalue weighted by molar-refractivity contribution is 6.31. The van der Waals surface area contributed by atoms with Gasteiger partial charge in [0.2, 0.25) is 0 Å². The number of carbonyl (C=O) groups excluding carboxylic acids is 2. The van der Waals surface area contributed by atoms with Crippen LogP contribution in [0.25, 0.3) is 10.9 Å². The zero-order chi connectivity index (χ0) is 20.3. The van der Waals surface area contributed by atoms with Crippen molar-refractivity contribution < 1.29 is 14.3 Å². The number of pyridine rings is 1. The molecule has 0 atom stereocenters. The fourth-order valence-electron chi connectivity index (χ4n) is 3.20. The molecule has 28 heavy (non-hydrogen) atoms. The van der Waals surface area contributed by atoms with Gasteiger partial charge in [-0.2, -0.15) is 0 Å². The van der Waals surface area contributed by atoms with Crippen LogP contribution in [-0.4, -0.2) is 47.1 Å². The fraction of sp³-hybridized carbons (Fsp3) is 0.476. The van der Waals surface area contributed by atoms with Crippen molar-refractivity contribution in [1.82, 2.24) is 15.2 Å². The van der Waals surface area contributed by atoms with Crippen molar-refractivity contribution in [1.29, 1.82) is 0 Å². The van der Waals surface area contributed by atoms with Gasteiger partial charge in [-0.15, -0.1) is 0 Å². The van der Waals surface area contributed by atoms with Gasteiger partial charge in [-0.05, 0) is 63.8 Å². The Labute approximate surface area is 170 Å². The number of halogens is 1. The first kappa shape index (κ1) is 20.4. The standard InChI is InChI=1S/C21H26ClN3O3/c1-21(2,3)28-20(27)25-10-8-14(9-11-25)13-23-19(26)18-6-4-15-12-16(22)5-7-17(15)24-18/h4-7,12,14H,8-11,13H2,1-3H3,(H,23,26). The van der Waals surface area contributed by atoms with Gasteiger partial charge in [-0.1, -0.05) is 17.7 Å². The maximum absolute atomic E-state index is 12.4. The van der Waals surface area contributed by atoms with E-state index in [2.05, 4.69) is 10.3 Å². The van der Waals surface area contributed by atoms with Crippen LogP contribution in [-0.2, 0) is 4.74 Å². The van der Waals surface area contributed by atoms with Gasteiger partial charge < -0.3 is 15.0 Å². The van der Waals surface area contributed by atoms with Crippen molar-refractivity contribution in [3.05, 3.63) is 41.0 Å². The Morgan fingerprint density at radius 2 is 1.93 bits per heavy atom. The highest BCUT2D eigenvalue weighted by Crippen LogP contribution is 2.20. The predicted octanol–water partition coefficient (Wildman–Crippen LogP) is 4.27. The molecule has 1 aromatic carbocycles. The monoisotopic (exact) mass is 403 g/mol. The van der Waals surface area contributed by atoms with Crippen LogP contribution < -0.4 is 5.32 Å². The average molecular weight is 404 g/mol. The molecule has 1 saturated heterocycles. The normalized spacial score (nSPS) is 15.5. The second-order valence-corrected chi connectivity index (χ2v) is 8.59. The van der Waals surface area contributed by atoms with Crippen LogP contribution in [0.2, 0.25) is 5.02 Å².